The van der Waals surface area contributed by atoms with Crippen molar-refractivity contribution in [3.8, 4) is 11.4 Å². The molecule has 3 N–H and O–H groups in total. The molecule has 0 spiro atoms. The van der Waals surface area contributed by atoms with Crippen LogP contribution in [-0.2, 0) is 4.79 Å². The first-order chi connectivity index (χ1) is 12.5. The fraction of sp³-hybridized carbons (Fsp3) is 0.389. The normalized spacial score (nSPS) is 19.6. The van der Waals surface area contributed by atoms with Gasteiger partial charge in [0.2, 0.25) is 5.91 Å². The molecule has 2 atom stereocenters. The molecule has 8 nitrogen and oxygen atoms in total. The summed E-state index contributed by atoms with van der Waals surface area (Å²) in [5.74, 6) is 0.00988. The molecule has 136 valence electrons. The van der Waals surface area contributed by atoms with Gasteiger partial charge in [0.15, 0.2) is 5.82 Å². The van der Waals surface area contributed by atoms with Crippen LogP contribution in [0, 0.1) is 0 Å². The molecule has 1 aliphatic rings. The molecule has 2 amide bonds. The highest BCUT2D eigenvalue weighted by atomic mass is 16.2. The van der Waals surface area contributed by atoms with Crippen molar-refractivity contribution in [2.24, 2.45) is 5.73 Å². The predicted octanol–water partition coefficient (Wildman–Crippen LogP) is 0.605. The topological polar surface area (TPSA) is 114 Å². The van der Waals surface area contributed by atoms with Crippen LogP contribution in [0.25, 0.3) is 11.4 Å². The summed E-state index contributed by atoms with van der Waals surface area (Å²) in [6.45, 7) is 4.09. The van der Waals surface area contributed by atoms with E-state index < -0.39 is 6.04 Å². The van der Waals surface area contributed by atoms with Gasteiger partial charge < -0.3 is 16.0 Å². The molecule has 0 bridgehead atoms. The van der Waals surface area contributed by atoms with Crippen LogP contribution in [0.4, 0.5) is 0 Å². The number of hydrogen-bond donors (Lipinski definition) is 2. The SMILES string of the molecule is CC(C)NC(=O)[C@@H]1C[C@H](N)CN1C(=O)c1cnc(-c2cccnc2)nc1. The van der Waals surface area contributed by atoms with Crippen LogP contribution in [0.3, 0.4) is 0 Å². The van der Waals surface area contributed by atoms with Crippen LogP contribution in [0.2, 0.25) is 0 Å². The highest BCUT2D eigenvalue weighted by molar-refractivity contribution is 5.97. The van der Waals surface area contributed by atoms with E-state index in [9.17, 15) is 9.59 Å². The third kappa shape index (κ3) is 3.85. The summed E-state index contributed by atoms with van der Waals surface area (Å²) in [5.41, 5.74) is 7.08. The highest BCUT2D eigenvalue weighted by Crippen LogP contribution is 2.20. The number of aromatic nitrogens is 3. The van der Waals surface area contributed by atoms with Gasteiger partial charge in [0.25, 0.3) is 5.91 Å². The quantitative estimate of drug-likeness (QED) is 0.831. The van der Waals surface area contributed by atoms with E-state index in [-0.39, 0.29) is 23.9 Å². The Balaban J connectivity index is 1.78. The van der Waals surface area contributed by atoms with Crippen molar-refractivity contribution in [2.45, 2.75) is 38.4 Å². The maximum atomic E-state index is 12.8. The molecule has 3 rings (SSSR count). The largest absolute Gasteiger partial charge is 0.352 e. The highest BCUT2D eigenvalue weighted by Gasteiger charge is 2.38. The number of carbonyl (C=O) groups excluding carboxylic acids is 2. The maximum Gasteiger partial charge on any atom is 0.257 e. The number of hydrogen-bond acceptors (Lipinski definition) is 6. The molecule has 0 radical (unpaired) electrons. The van der Waals surface area contributed by atoms with E-state index in [4.69, 9.17) is 5.73 Å². The van der Waals surface area contributed by atoms with Crippen LogP contribution in [0.5, 0.6) is 0 Å². The molecule has 1 aliphatic heterocycles. The second-order valence-electron chi connectivity index (χ2n) is 6.67. The molecular formula is C18H22N6O2. The summed E-state index contributed by atoms with van der Waals surface area (Å²) in [7, 11) is 0. The van der Waals surface area contributed by atoms with E-state index in [1.54, 1.807) is 18.5 Å². The zero-order valence-corrected chi connectivity index (χ0v) is 14.8. The first kappa shape index (κ1) is 17.9. The Labute approximate surface area is 151 Å². The van der Waals surface area contributed by atoms with E-state index >= 15 is 0 Å². The second-order valence-corrected chi connectivity index (χ2v) is 6.67. The van der Waals surface area contributed by atoms with E-state index in [0.29, 0.717) is 24.4 Å². The Hall–Kier alpha value is -2.87. The van der Waals surface area contributed by atoms with Crippen molar-refractivity contribution in [2.75, 3.05) is 6.54 Å². The summed E-state index contributed by atoms with van der Waals surface area (Å²) >= 11 is 0. The summed E-state index contributed by atoms with van der Waals surface area (Å²) in [6.07, 6.45) is 6.71. The second kappa shape index (κ2) is 7.57. The van der Waals surface area contributed by atoms with Crippen molar-refractivity contribution in [3.05, 3.63) is 42.5 Å². The lowest BCUT2D eigenvalue weighted by molar-refractivity contribution is -0.125. The van der Waals surface area contributed by atoms with Gasteiger partial charge in [-0.05, 0) is 32.4 Å². The van der Waals surface area contributed by atoms with Gasteiger partial charge in [-0.15, -0.1) is 0 Å². The fourth-order valence-electron chi connectivity index (χ4n) is 2.97. The zero-order chi connectivity index (χ0) is 18.7. The number of pyridine rings is 1. The lowest BCUT2D eigenvalue weighted by atomic mass is 10.1. The molecule has 0 saturated carbocycles. The van der Waals surface area contributed by atoms with Crippen molar-refractivity contribution in [3.63, 3.8) is 0 Å². The van der Waals surface area contributed by atoms with Gasteiger partial charge in [-0.1, -0.05) is 0 Å². The number of nitrogens with zero attached hydrogens (tertiary/aromatic N) is 4. The Bertz CT molecular complexity index is 778. The first-order valence-electron chi connectivity index (χ1n) is 8.55. The molecule has 0 aromatic carbocycles. The Morgan fingerprint density at radius 2 is 2.00 bits per heavy atom. The van der Waals surface area contributed by atoms with Gasteiger partial charge in [-0.3, -0.25) is 14.6 Å². The molecule has 26 heavy (non-hydrogen) atoms. The van der Waals surface area contributed by atoms with Gasteiger partial charge in [-0.25, -0.2) is 9.97 Å². The lowest BCUT2D eigenvalue weighted by Crippen LogP contribution is -2.47. The van der Waals surface area contributed by atoms with Gasteiger partial charge in [-0.2, -0.15) is 0 Å². The van der Waals surface area contributed by atoms with Crippen LogP contribution in [0.15, 0.2) is 36.9 Å². The van der Waals surface area contributed by atoms with E-state index in [2.05, 4.69) is 20.3 Å². The molecule has 2 aromatic heterocycles. The summed E-state index contributed by atoms with van der Waals surface area (Å²) in [5, 5.41) is 2.85. The van der Waals surface area contributed by atoms with E-state index in [1.165, 1.54) is 17.3 Å². The van der Waals surface area contributed by atoms with Crippen molar-refractivity contribution in [1.82, 2.24) is 25.2 Å². The summed E-state index contributed by atoms with van der Waals surface area (Å²) < 4.78 is 0. The molecule has 0 aliphatic carbocycles. The number of amides is 2. The van der Waals surface area contributed by atoms with Crippen LogP contribution < -0.4 is 11.1 Å². The number of rotatable bonds is 4. The van der Waals surface area contributed by atoms with Crippen LogP contribution in [-0.4, -0.2) is 56.3 Å². The Morgan fingerprint density at radius 3 is 2.62 bits per heavy atom. The molecular weight excluding hydrogens is 332 g/mol. The number of likely N-dealkylation sites (tertiary alicyclic amines) is 1. The fourth-order valence-corrected chi connectivity index (χ4v) is 2.97. The minimum absolute atomic E-state index is 0.00150. The first-order valence-corrected chi connectivity index (χ1v) is 8.55. The van der Waals surface area contributed by atoms with E-state index in [0.717, 1.165) is 5.56 Å². The molecule has 3 heterocycles. The van der Waals surface area contributed by atoms with Crippen LogP contribution >= 0.6 is 0 Å². The summed E-state index contributed by atoms with van der Waals surface area (Å²) in [6, 6.07) is 2.84. The number of nitrogens with one attached hydrogen (secondary N) is 1. The van der Waals surface area contributed by atoms with Crippen molar-refractivity contribution < 1.29 is 9.59 Å². The third-order valence-corrected chi connectivity index (χ3v) is 4.15. The van der Waals surface area contributed by atoms with Crippen molar-refractivity contribution in [1.29, 1.82) is 0 Å². The minimum Gasteiger partial charge on any atom is -0.352 e. The molecule has 2 aromatic rings. The van der Waals surface area contributed by atoms with E-state index in [1.807, 2.05) is 19.9 Å². The average molecular weight is 354 g/mol. The van der Waals surface area contributed by atoms with Crippen LogP contribution in [0.1, 0.15) is 30.6 Å². The molecule has 0 unspecified atom stereocenters. The number of nitrogens with two attached hydrogens (primary N) is 1. The smallest absolute Gasteiger partial charge is 0.257 e. The Morgan fingerprint density at radius 1 is 1.27 bits per heavy atom. The Kier molecular flexibility index (Phi) is 5.22. The van der Waals surface area contributed by atoms with Gasteiger partial charge >= 0.3 is 0 Å². The lowest BCUT2D eigenvalue weighted by Gasteiger charge is -2.24. The molecule has 1 saturated heterocycles. The zero-order valence-electron chi connectivity index (χ0n) is 14.8. The summed E-state index contributed by atoms with van der Waals surface area (Å²) in [4.78, 5) is 39.3. The standard InChI is InChI=1S/C18H22N6O2/c1-11(2)23-17(25)15-6-14(19)10-24(15)18(26)13-8-21-16(22-9-13)12-4-3-5-20-7-12/h3-5,7-9,11,14-15H,6,10,19H2,1-2H3,(H,23,25)/t14-,15-/m0/s1. The van der Waals surface area contributed by atoms with Crippen molar-refractivity contribution >= 4 is 11.8 Å². The van der Waals surface area contributed by atoms with Gasteiger partial charge in [0, 0.05) is 49.0 Å². The predicted molar refractivity (Wildman–Crippen MR) is 96.0 cm³/mol. The average Bonchev–Trinajstić information content (AvgIpc) is 3.03. The number of carbonyl (C=O) groups is 2. The van der Waals surface area contributed by atoms with Gasteiger partial charge in [0.1, 0.15) is 6.04 Å². The molecule has 8 heteroatoms. The van der Waals surface area contributed by atoms with Gasteiger partial charge in [0.05, 0.1) is 5.56 Å². The maximum absolute atomic E-state index is 12.8. The third-order valence-electron chi connectivity index (χ3n) is 4.15. The minimum atomic E-state index is -0.571. The molecule has 1 fully saturated rings. The monoisotopic (exact) mass is 354 g/mol.